The Hall–Kier alpha value is -3.28. The summed E-state index contributed by atoms with van der Waals surface area (Å²) in [4.78, 5) is 27.0. The Morgan fingerprint density at radius 1 is 1.09 bits per heavy atom. The third-order valence-corrected chi connectivity index (χ3v) is 3.27. The fourth-order valence-electron chi connectivity index (χ4n) is 2.18. The predicted octanol–water partition coefficient (Wildman–Crippen LogP) is 2.96. The van der Waals surface area contributed by atoms with E-state index < -0.39 is 4.92 Å². The normalized spacial score (nSPS) is 10.5. The van der Waals surface area contributed by atoms with Crippen molar-refractivity contribution in [2.45, 2.75) is 0 Å². The summed E-state index contributed by atoms with van der Waals surface area (Å²) in [6.45, 7) is 0. The highest BCUT2D eigenvalue weighted by molar-refractivity contribution is 6.09. The van der Waals surface area contributed by atoms with Crippen molar-refractivity contribution in [3.8, 4) is 0 Å². The van der Waals surface area contributed by atoms with Crippen LogP contribution in [0.25, 0.3) is 10.9 Å². The molecule has 2 N–H and O–H groups in total. The number of nitro groups is 1. The van der Waals surface area contributed by atoms with Gasteiger partial charge in [-0.3, -0.25) is 14.9 Å². The molecule has 22 heavy (non-hydrogen) atoms. The van der Waals surface area contributed by atoms with Crippen molar-refractivity contribution in [3.63, 3.8) is 0 Å². The lowest BCUT2D eigenvalue weighted by Crippen LogP contribution is -2.04. The van der Waals surface area contributed by atoms with E-state index in [1.807, 2.05) is 0 Å². The molecule has 108 valence electrons. The summed E-state index contributed by atoms with van der Waals surface area (Å²) in [6, 6.07) is 14.1. The zero-order valence-corrected chi connectivity index (χ0v) is 11.4. The summed E-state index contributed by atoms with van der Waals surface area (Å²) in [6.07, 6.45) is 0. The largest absolute Gasteiger partial charge is 0.399 e. The summed E-state index contributed by atoms with van der Waals surface area (Å²) < 4.78 is 0. The topological polar surface area (TPSA) is 99.1 Å². The van der Waals surface area contributed by atoms with Crippen LogP contribution in [0, 0.1) is 10.1 Å². The van der Waals surface area contributed by atoms with E-state index in [0.29, 0.717) is 11.2 Å². The number of pyridine rings is 1. The number of benzene rings is 2. The van der Waals surface area contributed by atoms with Crippen LogP contribution in [0.4, 0.5) is 11.4 Å². The van der Waals surface area contributed by atoms with E-state index in [-0.39, 0.29) is 22.7 Å². The molecule has 0 spiro atoms. The van der Waals surface area contributed by atoms with Gasteiger partial charge in [0.15, 0.2) is 0 Å². The molecule has 1 heterocycles. The fourth-order valence-corrected chi connectivity index (χ4v) is 2.18. The Morgan fingerprint density at radius 3 is 2.68 bits per heavy atom. The number of hydrogen-bond donors (Lipinski definition) is 1. The lowest BCUT2D eigenvalue weighted by molar-refractivity contribution is -0.384. The summed E-state index contributed by atoms with van der Waals surface area (Å²) in [5.41, 5.74) is 7.30. The predicted molar refractivity (Wildman–Crippen MR) is 82.7 cm³/mol. The third-order valence-electron chi connectivity index (χ3n) is 3.27. The number of nitrogen functional groups attached to an aromatic ring is 1. The quantitative estimate of drug-likeness (QED) is 0.346. The van der Waals surface area contributed by atoms with Crippen LogP contribution in [0.3, 0.4) is 0 Å². The van der Waals surface area contributed by atoms with Crippen molar-refractivity contribution in [3.05, 3.63) is 76.0 Å². The average molecular weight is 293 g/mol. The van der Waals surface area contributed by atoms with Crippen molar-refractivity contribution in [1.82, 2.24) is 4.98 Å². The van der Waals surface area contributed by atoms with Crippen LogP contribution in [0.1, 0.15) is 16.1 Å². The molecule has 6 heteroatoms. The highest BCUT2D eigenvalue weighted by Crippen LogP contribution is 2.19. The molecule has 0 saturated carbocycles. The number of ketones is 1. The second kappa shape index (κ2) is 5.25. The van der Waals surface area contributed by atoms with Gasteiger partial charge in [-0.15, -0.1) is 0 Å². The summed E-state index contributed by atoms with van der Waals surface area (Å²) in [5, 5.41) is 11.6. The van der Waals surface area contributed by atoms with E-state index in [9.17, 15) is 14.9 Å². The number of anilines is 1. The molecular formula is C16H11N3O3. The smallest absolute Gasteiger partial charge is 0.270 e. The first-order valence-corrected chi connectivity index (χ1v) is 6.50. The average Bonchev–Trinajstić information content (AvgIpc) is 2.53. The molecule has 0 atom stereocenters. The van der Waals surface area contributed by atoms with Crippen LogP contribution in [-0.4, -0.2) is 15.7 Å². The SMILES string of the molecule is Nc1ccc2nc(C(=O)c3cccc([N+](=O)[O-])c3)ccc2c1. The number of fused-ring (bicyclic) bond motifs is 1. The van der Waals surface area contributed by atoms with Gasteiger partial charge >= 0.3 is 0 Å². The maximum absolute atomic E-state index is 12.4. The van der Waals surface area contributed by atoms with Gasteiger partial charge in [-0.05, 0) is 24.3 Å². The molecule has 0 bridgehead atoms. The van der Waals surface area contributed by atoms with Crippen molar-refractivity contribution < 1.29 is 9.72 Å². The molecule has 3 rings (SSSR count). The second-order valence-electron chi connectivity index (χ2n) is 4.79. The molecular weight excluding hydrogens is 282 g/mol. The van der Waals surface area contributed by atoms with Gasteiger partial charge in [-0.25, -0.2) is 4.98 Å². The molecule has 0 saturated heterocycles. The highest BCUT2D eigenvalue weighted by atomic mass is 16.6. The van der Waals surface area contributed by atoms with Crippen LogP contribution in [0.5, 0.6) is 0 Å². The monoisotopic (exact) mass is 293 g/mol. The number of aromatic nitrogens is 1. The minimum atomic E-state index is -0.534. The summed E-state index contributed by atoms with van der Waals surface area (Å²) >= 11 is 0. The molecule has 0 amide bonds. The van der Waals surface area contributed by atoms with Gasteiger partial charge in [-0.2, -0.15) is 0 Å². The van der Waals surface area contributed by atoms with Crippen molar-refractivity contribution >= 4 is 28.1 Å². The summed E-state index contributed by atoms with van der Waals surface area (Å²) in [5.74, 6) is -0.359. The second-order valence-corrected chi connectivity index (χ2v) is 4.79. The van der Waals surface area contributed by atoms with Crippen molar-refractivity contribution in [2.24, 2.45) is 0 Å². The third kappa shape index (κ3) is 2.49. The van der Waals surface area contributed by atoms with E-state index in [0.717, 1.165) is 5.39 Å². The van der Waals surface area contributed by atoms with Crippen LogP contribution >= 0.6 is 0 Å². The zero-order chi connectivity index (χ0) is 15.7. The fraction of sp³-hybridized carbons (Fsp3) is 0. The minimum absolute atomic E-state index is 0.126. The Bertz CT molecular complexity index is 906. The van der Waals surface area contributed by atoms with E-state index in [2.05, 4.69) is 4.98 Å². The number of carbonyl (C=O) groups excluding carboxylic acids is 1. The number of nitro benzene ring substituents is 1. The lowest BCUT2D eigenvalue weighted by Gasteiger charge is -2.03. The molecule has 3 aromatic rings. The van der Waals surface area contributed by atoms with Gasteiger partial charge in [0.05, 0.1) is 10.4 Å². The van der Waals surface area contributed by atoms with Crippen LogP contribution in [0.2, 0.25) is 0 Å². The minimum Gasteiger partial charge on any atom is -0.399 e. The number of nitrogens with two attached hydrogens (primary N) is 1. The van der Waals surface area contributed by atoms with E-state index in [1.165, 1.54) is 24.3 Å². The van der Waals surface area contributed by atoms with Crippen LogP contribution < -0.4 is 5.73 Å². The number of rotatable bonds is 3. The maximum atomic E-state index is 12.4. The maximum Gasteiger partial charge on any atom is 0.270 e. The number of carbonyl (C=O) groups is 1. The first kappa shape index (κ1) is 13.7. The van der Waals surface area contributed by atoms with Gasteiger partial charge in [0, 0.05) is 28.8 Å². The van der Waals surface area contributed by atoms with Crippen molar-refractivity contribution in [2.75, 3.05) is 5.73 Å². The number of hydrogen-bond acceptors (Lipinski definition) is 5. The molecule has 0 unspecified atom stereocenters. The molecule has 1 aromatic heterocycles. The molecule has 0 aliphatic carbocycles. The van der Waals surface area contributed by atoms with Gasteiger partial charge < -0.3 is 5.73 Å². The van der Waals surface area contributed by atoms with Gasteiger partial charge in [-0.1, -0.05) is 18.2 Å². The van der Waals surface area contributed by atoms with E-state index >= 15 is 0 Å². The Balaban J connectivity index is 2.03. The standard InChI is InChI=1S/C16H11N3O3/c17-12-5-7-14-10(8-12)4-6-15(18-14)16(20)11-2-1-3-13(9-11)19(21)22/h1-9H,17H2. The highest BCUT2D eigenvalue weighted by Gasteiger charge is 2.14. The van der Waals surface area contributed by atoms with Crippen molar-refractivity contribution in [1.29, 1.82) is 0 Å². The van der Waals surface area contributed by atoms with Gasteiger partial charge in [0.2, 0.25) is 5.78 Å². The molecule has 0 fully saturated rings. The van der Waals surface area contributed by atoms with Crippen LogP contribution in [0.15, 0.2) is 54.6 Å². The Labute approximate surface area is 125 Å². The first-order valence-electron chi connectivity index (χ1n) is 6.50. The lowest BCUT2D eigenvalue weighted by atomic mass is 10.1. The first-order chi connectivity index (χ1) is 10.5. The Kier molecular flexibility index (Phi) is 3.27. The molecule has 2 aromatic carbocycles. The van der Waals surface area contributed by atoms with Crippen LogP contribution in [-0.2, 0) is 0 Å². The summed E-state index contributed by atoms with van der Waals surface area (Å²) in [7, 11) is 0. The number of nitrogens with zero attached hydrogens (tertiary/aromatic N) is 2. The zero-order valence-electron chi connectivity index (χ0n) is 11.4. The Morgan fingerprint density at radius 2 is 1.91 bits per heavy atom. The van der Waals surface area contributed by atoms with E-state index in [4.69, 9.17) is 5.73 Å². The molecule has 0 aliphatic rings. The van der Waals surface area contributed by atoms with Gasteiger partial charge in [0.1, 0.15) is 5.69 Å². The molecule has 0 radical (unpaired) electrons. The number of non-ortho nitro benzene ring substituents is 1. The van der Waals surface area contributed by atoms with E-state index in [1.54, 1.807) is 30.3 Å². The molecule has 6 nitrogen and oxygen atoms in total. The van der Waals surface area contributed by atoms with Gasteiger partial charge in [0.25, 0.3) is 5.69 Å². The molecule has 0 aliphatic heterocycles.